The van der Waals surface area contributed by atoms with E-state index in [2.05, 4.69) is 22.2 Å². The molecule has 6 heteroatoms. The third kappa shape index (κ3) is 3.84. The fraction of sp³-hybridized carbons (Fsp3) is 0.429. The Kier molecular flexibility index (Phi) is 5.14. The molecule has 0 aliphatic carbocycles. The maximum Gasteiger partial charge on any atom is 0.254 e. The molecule has 1 aliphatic heterocycles. The largest absolute Gasteiger partial charge is 0.338 e. The number of carbonyl (C=O) groups is 1. The zero-order chi connectivity index (χ0) is 18.6. The molecule has 140 valence electrons. The van der Waals surface area contributed by atoms with Crippen molar-refractivity contribution in [2.24, 2.45) is 5.92 Å². The van der Waals surface area contributed by atoms with Gasteiger partial charge in [0, 0.05) is 37.4 Å². The van der Waals surface area contributed by atoms with E-state index >= 15 is 0 Å². The van der Waals surface area contributed by atoms with E-state index in [1.54, 1.807) is 6.20 Å². The van der Waals surface area contributed by atoms with Gasteiger partial charge in [-0.3, -0.25) is 14.5 Å². The quantitative estimate of drug-likeness (QED) is 0.697. The molecule has 1 fully saturated rings. The number of pyridine rings is 1. The molecule has 1 unspecified atom stereocenters. The summed E-state index contributed by atoms with van der Waals surface area (Å²) in [5, 5.41) is 9.41. The Morgan fingerprint density at radius 3 is 3.04 bits per heavy atom. The summed E-state index contributed by atoms with van der Waals surface area (Å²) in [7, 11) is 0. The van der Waals surface area contributed by atoms with Crippen LogP contribution in [0, 0.1) is 5.92 Å². The van der Waals surface area contributed by atoms with E-state index in [-0.39, 0.29) is 5.91 Å². The second-order valence-corrected chi connectivity index (χ2v) is 7.32. The van der Waals surface area contributed by atoms with Crippen molar-refractivity contribution < 1.29 is 4.79 Å². The van der Waals surface area contributed by atoms with Crippen molar-refractivity contribution in [3.05, 3.63) is 54.0 Å². The average molecular weight is 363 g/mol. The monoisotopic (exact) mass is 363 g/mol. The summed E-state index contributed by atoms with van der Waals surface area (Å²) < 4.78 is 1.94. The molecule has 1 saturated heterocycles. The maximum atomic E-state index is 13.2. The Bertz CT molecular complexity index is 930. The topological polar surface area (TPSA) is 63.9 Å². The molecule has 0 spiro atoms. The Balaban J connectivity index is 1.48. The van der Waals surface area contributed by atoms with Crippen LogP contribution in [0.5, 0.6) is 0 Å². The lowest BCUT2D eigenvalue weighted by atomic mass is 9.97. The number of hydrogen-bond donors (Lipinski definition) is 0. The van der Waals surface area contributed by atoms with Crippen molar-refractivity contribution >= 4 is 16.8 Å². The highest BCUT2D eigenvalue weighted by Gasteiger charge is 2.26. The lowest BCUT2D eigenvalue weighted by molar-refractivity contribution is 0.0661. The van der Waals surface area contributed by atoms with Crippen LogP contribution in [0.3, 0.4) is 0 Å². The van der Waals surface area contributed by atoms with Gasteiger partial charge in [0.15, 0.2) is 0 Å². The number of aryl methyl sites for hydroxylation is 1. The normalized spacial score (nSPS) is 17.4. The highest BCUT2D eigenvalue weighted by Crippen LogP contribution is 2.23. The van der Waals surface area contributed by atoms with Crippen LogP contribution in [-0.2, 0) is 13.0 Å². The number of aromatic nitrogens is 4. The van der Waals surface area contributed by atoms with Crippen molar-refractivity contribution in [2.75, 3.05) is 13.1 Å². The lowest BCUT2D eigenvalue weighted by Crippen LogP contribution is -2.41. The predicted molar refractivity (Wildman–Crippen MR) is 104 cm³/mol. The van der Waals surface area contributed by atoms with Crippen molar-refractivity contribution in [1.29, 1.82) is 0 Å². The van der Waals surface area contributed by atoms with E-state index in [1.165, 1.54) is 0 Å². The van der Waals surface area contributed by atoms with Crippen LogP contribution in [0.15, 0.2) is 42.7 Å². The Labute approximate surface area is 159 Å². The molecule has 2 aromatic heterocycles. The summed E-state index contributed by atoms with van der Waals surface area (Å²) >= 11 is 0. The number of hydrogen-bond acceptors (Lipinski definition) is 4. The summed E-state index contributed by atoms with van der Waals surface area (Å²) in [6, 6.07) is 9.66. The van der Waals surface area contributed by atoms with E-state index in [9.17, 15) is 4.79 Å². The zero-order valence-corrected chi connectivity index (χ0v) is 15.7. The maximum absolute atomic E-state index is 13.2. The number of carbonyl (C=O) groups excluding carboxylic acids is 1. The Morgan fingerprint density at radius 1 is 1.26 bits per heavy atom. The third-order valence-corrected chi connectivity index (χ3v) is 5.22. The van der Waals surface area contributed by atoms with Crippen LogP contribution in [0.4, 0.5) is 0 Å². The summed E-state index contributed by atoms with van der Waals surface area (Å²) in [5.41, 5.74) is 2.65. The summed E-state index contributed by atoms with van der Waals surface area (Å²) in [4.78, 5) is 19.5. The molecule has 4 rings (SSSR count). The number of benzene rings is 1. The van der Waals surface area contributed by atoms with Gasteiger partial charge in [-0.1, -0.05) is 36.8 Å². The second kappa shape index (κ2) is 7.86. The van der Waals surface area contributed by atoms with Gasteiger partial charge in [-0.2, -0.15) is 0 Å². The minimum Gasteiger partial charge on any atom is -0.338 e. The van der Waals surface area contributed by atoms with Crippen LogP contribution in [-0.4, -0.2) is 43.9 Å². The first-order valence-corrected chi connectivity index (χ1v) is 9.76. The van der Waals surface area contributed by atoms with Crippen molar-refractivity contribution in [2.45, 2.75) is 39.2 Å². The van der Waals surface area contributed by atoms with E-state index in [0.717, 1.165) is 67.5 Å². The van der Waals surface area contributed by atoms with Gasteiger partial charge in [-0.25, -0.2) is 0 Å². The predicted octanol–water partition coefficient (Wildman–Crippen LogP) is 3.33. The molecule has 1 atom stereocenters. The SMILES string of the molecule is CCCc1cn(CC2CCCN(C(=O)c3ccnc4ccccc34)C2)nn1. The molecule has 3 aromatic rings. The number of para-hydroxylation sites is 1. The van der Waals surface area contributed by atoms with E-state index in [4.69, 9.17) is 0 Å². The molecule has 0 saturated carbocycles. The zero-order valence-electron chi connectivity index (χ0n) is 15.7. The van der Waals surface area contributed by atoms with Crippen LogP contribution < -0.4 is 0 Å². The van der Waals surface area contributed by atoms with Gasteiger partial charge in [0.1, 0.15) is 0 Å². The standard InChI is InChI=1S/C21H25N5O/c1-2-6-17-15-26(24-23-17)14-16-7-5-12-25(13-16)21(27)19-10-11-22-20-9-4-3-8-18(19)20/h3-4,8-11,15-16H,2,5-7,12-14H2,1H3. The van der Waals surface area contributed by atoms with Gasteiger partial charge in [0.25, 0.3) is 5.91 Å². The number of nitrogens with zero attached hydrogens (tertiary/aromatic N) is 5. The van der Waals surface area contributed by atoms with Crippen molar-refractivity contribution in [1.82, 2.24) is 24.9 Å². The molecule has 27 heavy (non-hydrogen) atoms. The summed E-state index contributed by atoms with van der Waals surface area (Å²) in [5.74, 6) is 0.510. The molecular formula is C21H25N5O. The number of piperidine rings is 1. The van der Waals surface area contributed by atoms with Gasteiger partial charge in [-0.05, 0) is 37.3 Å². The highest BCUT2D eigenvalue weighted by atomic mass is 16.2. The first kappa shape index (κ1) is 17.6. The minimum atomic E-state index is 0.101. The molecular weight excluding hydrogens is 338 g/mol. The van der Waals surface area contributed by atoms with Gasteiger partial charge < -0.3 is 4.90 Å². The van der Waals surface area contributed by atoms with Crippen LogP contribution in [0.25, 0.3) is 10.9 Å². The van der Waals surface area contributed by atoms with E-state index in [1.807, 2.05) is 46.1 Å². The molecule has 0 bridgehead atoms. The minimum absolute atomic E-state index is 0.101. The van der Waals surface area contributed by atoms with E-state index < -0.39 is 0 Å². The average Bonchev–Trinajstić information content (AvgIpc) is 3.14. The number of likely N-dealkylation sites (tertiary alicyclic amines) is 1. The summed E-state index contributed by atoms with van der Waals surface area (Å²) in [6.07, 6.45) is 7.94. The lowest BCUT2D eigenvalue weighted by Gasteiger charge is -2.33. The van der Waals surface area contributed by atoms with Crippen LogP contribution in [0.1, 0.15) is 42.2 Å². The summed E-state index contributed by atoms with van der Waals surface area (Å²) in [6.45, 7) is 4.53. The third-order valence-electron chi connectivity index (χ3n) is 5.22. The molecule has 1 aromatic carbocycles. The van der Waals surface area contributed by atoms with Gasteiger partial charge >= 0.3 is 0 Å². The molecule has 3 heterocycles. The smallest absolute Gasteiger partial charge is 0.254 e. The Morgan fingerprint density at radius 2 is 2.15 bits per heavy atom. The molecule has 1 aliphatic rings. The van der Waals surface area contributed by atoms with Crippen molar-refractivity contribution in [3.63, 3.8) is 0 Å². The Hall–Kier alpha value is -2.76. The first-order valence-electron chi connectivity index (χ1n) is 9.76. The number of fused-ring (bicyclic) bond motifs is 1. The van der Waals surface area contributed by atoms with Crippen LogP contribution >= 0.6 is 0 Å². The van der Waals surface area contributed by atoms with Crippen LogP contribution in [0.2, 0.25) is 0 Å². The van der Waals surface area contributed by atoms with Gasteiger partial charge in [-0.15, -0.1) is 5.10 Å². The molecule has 0 N–H and O–H groups in total. The number of rotatable bonds is 5. The molecule has 1 amide bonds. The molecule has 0 radical (unpaired) electrons. The highest BCUT2D eigenvalue weighted by molar-refractivity contribution is 6.05. The second-order valence-electron chi connectivity index (χ2n) is 7.32. The fourth-order valence-corrected chi connectivity index (χ4v) is 3.91. The molecule has 6 nitrogen and oxygen atoms in total. The van der Waals surface area contributed by atoms with E-state index in [0.29, 0.717) is 5.92 Å². The first-order chi connectivity index (χ1) is 13.2. The number of amides is 1. The van der Waals surface area contributed by atoms with Gasteiger partial charge in [0.2, 0.25) is 0 Å². The van der Waals surface area contributed by atoms with Gasteiger partial charge in [0.05, 0.1) is 16.8 Å². The van der Waals surface area contributed by atoms with Crippen molar-refractivity contribution in [3.8, 4) is 0 Å². The fourth-order valence-electron chi connectivity index (χ4n) is 3.91.